The van der Waals surface area contributed by atoms with Gasteiger partial charge in [0.25, 0.3) is 0 Å². The van der Waals surface area contributed by atoms with Gasteiger partial charge in [0, 0.05) is 18.7 Å². The van der Waals surface area contributed by atoms with E-state index < -0.39 is 10.0 Å². The number of hydrogen-bond donors (Lipinski definition) is 0. The molecule has 1 saturated heterocycles. The molecule has 7 nitrogen and oxygen atoms in total. The van der Waals surface area contributed by atoms with Crippen LogP contribution in [0.1, 0.15) is 50.0 Å². The molecule has 1 fully saturated rings. The van der Waals surface area contributed by atoms with Gasteiger partial charge in [0.15, 0.2) is 0 Å². The van der Waals surface area contributed by atoms with Crippen molar-refractivity contribution in [1.29, 1.82) is 0 Å². The minimum absolute atomic E-state index is 0.127. The lowest BCUT2D eigenvalue weighted by molar-refractivity contribution is 0.265. The highest BCUT2D eigenvalue weighted by molar-refractivity contribution is 7.89. The molecule has 1 aliphatic heterocycles. The lowest BCUT2D eigenvalue weighted by Crippen LogP contribution is -2.39. The molecule has 1 atom stereocenters. The molecule has 1 aromatic heterocycles. The van der Waals surface area contributed by atoms with Crippen molar-refractivity contribution in [2.45, 2.75) is 43.4 Å². The van der Waals surface area contributed by atoms with Crippen LogP contribution in [-0.2, 0) is 10.0 Å². The summed E-state index contributed by atoms with van der Waals surface area (Å²) in [6, 6.07) is 14.6. The van der Waals surface area contributed by atoms with Crippen LogP contribution >= 0.6 is 0 Å². The van der Waals surface area contributed by atoms with Gasteiger partial charge in [0.1, 0.15) is 5.75 Å². The van der Waals surface area contributed by atoms with Gasteiger partial charge in [-0.15, -0.1) is 0 Å². The molecule has 3 aromatic rings. The van der Waals surface area contributed by atoms with Crippen LogP contribution in [0.2, 0.25) is 0 Å². The average Bonchev–Trinajstić information content (AvgIpc) is 3.30. The monoisotopic (exact) mass is 441 g/mol. The first kappa shape index (κ1) is 21.5. The zero-order chi connectivity index (χ0) is 22.0. The molecule has 2 aromatic carbocycles. The fourth-order valence-corrected chi connectivity index (χ4v) is 5.32. The van der Waals surface area contributed by atoms with Crippen molar-refractivity contribution in [1.82, 2.24) is 14.4 Å². The second kappa shape index (κ2) is 8.80. The van der Waals surface area contributed by atoms with E-state index in [2.05, 4.69) is 36.1 Å². The van der Waals surface area contributed by atoms with Crippen LogP contribution in [0.3, 0.4) is 0 Å². The zero-order valence-corrected chi connectivity index (χ0v) is 18.8. The Balaban J connectivity index is 1.51. The number of ether oxygens (including phenoxy) is 1. The molecular formula is C23H27N3O4S. The van der Waals surface area contributed by atoms with E-state index in [9.17, 15) is 8.42 Å². The van der Waals surface area contributed by atoms with Crippen LogP contribution in [-0.4, -0.2) is 43.1 Å². The van der Waals surface area contributed by atoms with Gasteiger partial charge in [-0.05, 0) is 48.6 Å². The predicted molar refractivity (Wildman–Crippen MR) is 118 cm³/mol. The molecule has 1 aliphatic rings. The van der Waals surface area contributed by atoms with Crippen molar-refractivity contribution < 1.29 is 17.7 Å². The van der Waals surface area contributed by atoms with Crippen LogP contribution in [0, 0.1) is 0 Å². The molecule has 0 radical (unpaired) electrons. The van der Waals surface area contributed by atoms with E-state index in [1.165, 1.54) is 9.87 Å². The van der Waals surface area contributed by atoms with E-state index in [4.69, 9.17) is 9.26 Å². The van der Waals surface area contributed by atoms with Gasteiger partial charge in [0.05, 0.1) is 17.9 Å². The van der Waals surface area contributed by atoms with Gasteiger partial charge in [-0.2, -0.15) is 9.29 Å². The Bertz CT molecular complexity index is 1120. The summed E-state index contributed by atoms with van der Waals surface area (Å²) in [6.07, 6.45) is 1.55. The molecule has 0 spiro atoms. The fraction of sp³-hybridized carbons (Fsp3) is 0.391. The van der Waals surface area contributed by atoms with E-state index in [1.807, 2.05) is 12.1 Å². The molecule has 0 amide bonds. The van der Waals surface area contributed by atoms with Gasteiger partial charge < -0.3 is 9.26 Å². The van der Waals surface area contributed by atoms with Crippen LogP contribution < -0.4 is 4.74 Å². The summed E-state index contributed by atoms with van der Waals surface area (Å²) in [6.45, 7) is 5.09. The minimum atomic E-state index is -3.60. The van der Waals surface area contributed by atoms with Crippen molar-refractivity contribution in [3.63, 3.8) is 0 Å². The number of aromatic nitrogens is 2. The molecule has 31 heavy (non-hydrogen) atoms. The Morgan fingerprint density at radius 2 is 1.81 bits per heavy atom. The lowest BCUT2D eigenvalue weighted by atomic mass is 9.99. The highest BCUT2D eigenvalue weighted by atomic mass is 32.2. The number of rotatable bonds is 6. The topological polar surface area (TPSA) is 85.5 Å². The number of hydrogen-bond acceptors (Lipinski definition) is 6. The summed E-state index contributed by atoms with van der Waals surface area (Å²) < 4.78 is 38.4. The predicted octanol–water partition coefficient (Wildman–Crippen LogP) is 4.44. The van der Waals surface area contributed by atoms with E-state index >= 15 is 0 Å². The third-order valence-corrected chi connectivity index (χ3v) is 7.59. The molecule has 0 N–H and O–H groups in total. The fourth-order valence-electron chi connectivity index (χ4n) is 3.79. The smallest absolute Gasteiger partial charge is 0.243 e. The summed E-state index contributed by atoms with van der Waals surface area (Å²) in [4.78, 5) is 4.83. The Morgan fingerprint density at radius 1 is 1.10 bits per heavy atom. The van der Waals surface area contributed by atoms with E-state index in [-0.39, 0.29) is 10.8 Å². The molecule has 0 bridgehead atoms. The number of piperidine rings is 1. The van der Waals surface area contributed by atoms with Gasteiger partial charge in [-0.3, -0.25) is 0 Å². The van der Waals surface area contributed by atoms with Crippen molar-refractivity contribution in [3.8, 4) is 17.1 Å². The first-order chi connectivity index (χ1) is 14.9. The van der Waals surface area contributed by atoms with Crippen molar-refractivity contribution >= 4 is 10.0 Å². The quantitative estimate of drug-likeness (QED) is 0.562. The van der Waals surface area contributed by atoms with Crippen molar-refractivity contribution in [3.05, 3.63) is 60.0 Å². The molecule has 1 unspecified atom stereocenters. The maximum Gasteiger partial charge on any atom is 0.243 e. The van der Waals surface area contributed by atoms with Gasteiger partial charge in [-0.25, -0.2) is 8.42 Å². The third-order valence-electron chi connectivity index (χ3n) is 5.71. The molecular weight excluding hydrogens is 414 g/mol. The maximum atomic E-state index is 13.1. The normalized spacial score (nSPS) is 17.7. The second-order valence-electron chi connectivity index (χ2n) is 8.11. The molecule has 4 rings (SSSR count). The Labute approximate surface area is 183 Å². The van der Waals surface area contributed by atoms with Crippen molar-refractivity contribution in [2.75, 3.05) is 20.2 Å². The maximum absolute atomic E-state index is 13.1. The summed E-state index contributed by atoms with van der Waals surface area (Å²) in [5, 5.41) is 4.13. The SMILES string of the molecule is COc1ccc(S(=O)(=O)N2CCCC(c3nc(-c4ccc(C(C)C)cc4)no3)C2)cc1. The summed E-state index contributed by atoms with van der Waals surface area (Å²) in [5.41, 5.74) is 2.14. The molecule has 8 heteroatoms. The standard InChI is InChI=1S/C23H27N3O4S/c1-16(2)17-6-8-18(9-7-17)22-24-23(30-25-22)19-5-4-14-26(15-19)31(27,28)21-12-10-20(29-3)11-13-21/h6-13,16,19H,4-5,14-15H2,1-3H3. The van der Waals surface area contributed by atoms with E-state index in [0.717, 1.165) is 18.4 Å². The second-order valence-corrected chi connectivity index (χ2v) is 10.0. The summed E-state index contributed by atoms with van der Waals surface area (Å²) >= 11 is 0. The number of nitrogens with zero attached hydrogens (tertiary/aromatic N) is 3. The average molecular weight is 442 g/mol. The van der Waals surface area contributed by atoms with Crippen LogP contribution in [0.25, 0.3) is 11.4 Å². The molecule has 164 valence electrons. The largest absolute Gasteiger partial charge is 0.497 e. The van der Waals surface area contributed by atoms with Crippen LogP contribution in [0.5, 0.6) is 5.75 Å². The van der Waals surface area contributed by atoms with Gasteiger partial charge in [0.2, 0.25) is 21.7 Å². The zero-order valence-electron chi connectivity index (χ0n) is 18.0. The number of methoxy groups -OCH3 is 1. The van der Waals surface area contributed by atoms with Crippen molar-refractivity contribution in [2.24, 2.45) is 0 Å². The lowest BCUT2D eigenvalue weighted by Gasteiger charge is -2.30. The Hall–Kier alpha value is -2.71. The highest BCUT2D eigenvalue weighted by Crippen LogP contribution is 2.31. The minimum Gasteiger partial charge on any atom is -0.497 e. The van der Waals surface area contributed by atoms with Crippen LogP contribution in [0.4, 0.5) is 0 Å². The number of sulfonamides is 1. The Morgan fingerprint density at radius 3 is 2.45 bits per heavy atom. The molecule has 2 heterocycles. The summed E-state index contributed by atoms with van der Waals surface area (Å²) in [7, 11) is -2.05. The van der Waals surface area contributed by atoms with Gasteiger partial charge in [-0.1, -0.05) is 43.3 Å². The number of benzene rings is 2. The van der Waals surface area contributed by atoms with Gasteiger partial charge >= 0.3 is 0 Å². The Kier molecular flexibility index (Phi) is 6.11. The van der Waals surface area contributed by atoms with E-state index in [1.54, 1.807) is 31.4 Å². The summed E-state index contributed by atoms with van der Waals surface area (Å²) in [5.74, 6) is 1.96. The molecule has 0 saturated carbocycles. The first-order valence-corrected chi connectivity index (χ1v) is 11.9. The molecule has 0 aliphatic carbocycles. The highest BCUT2D eigenvalue weighted by Gasteiger charge is 2.33. The van der Waals surface area contributed by atoms with Crippen LogP contribution in [0.15, 0.2) is 57.9 Å². The van der Waals surface area contributed by atoms with E-state index in [0.29, 0.717) is 36.5 Å². The third kappa shape index (κ3) is 4.50. The first-order valence-electron chi connectivity index (χ1n) is 10.5.